The van der Waals surface area contributed by atoms with Gasteiger partial charge in [0.25, 0.3) is 0 Å². The summed E-state index contributed by atoms with van der Waals surface area (Å²) in [5, 5.41) is 9.75. The van der Waals surface area contributed by atoms with Crippen molar-refractivity contribution in [2.75, 3.05) is 18.4 Å². The zero-order valence-corrected chi connectivity index (χ0v) is 12.2. The number of aromatic nitrogens is 2. The predicted molar refractivity (Wildman–Crippen MR) is 85.6 cm³/mol. The Kier molecular flexibility index (Phi) is 4.16. The molecule has 5 nitrogen and oxygen atoms in total. The highest BCUT2D eigenvalue weighted by molar-refractivity contribution is 7.13. The van der Waals surface area contributed by atoms with Crippen molar-refractivity contribution >= 4 is 33.3 Å². The van der Waals surface area contributed by atoms with Crippen LogP contribution < -0.4 is 10.6 Å². The molecule has 3 rings (SSSR count). The quantitative estimate of drug-likeness (QED) is 0.654. The zero-order chi connectivity index (χ0) is 14.5. The first-order valence-electron chi connectivity index (χ1n) is 6.78. The molecular formula is C15H16N4OS. The first kappa shape index (κ1) is 13.6. The summed E-state index contributed by atoms with van der Waals surface area (Å²) in [6.07, 6.45) is 4.53. The number of benzene rings is 1. The van der Waals surface area contributed by atoms with E-state index < -0.39 is 0 Å². The van der Waals surface area contributed by atoms with E-state index >= 15 is 0 Å². The highest BCUT2D eigenvalue weighted by Crippen LogP contribution is 2.17. The molecule has 0 spiro atoms. The Morgan fingerprint density at radius 1 is 1.33 bits per heavy atom. The fourth-order valence-electron chi connectivity index (χ4n) is 2.20. The molecule has 0 unspecified atom stereocenters. The molecule has 1 amide bonds. The molecule has 108 valence electrons. The highest BCUT2D eigenvalue weighted by atomic mass is 32.1. The Morgan fingerprint density at radius 2 is 2.24 bits per heavy atom. The molecule has 0 fully saturated rings. The van der Waals surface area contributed by atoms with E-state index in [0.29, 0.717) is 6.54 Å². The van der Waals surface area contributed by atoms with Crippen LogP contribution in [0.5, 0.6) is 0 Å². The third kappa shape index (κ3) is 3.41. The number of thiazole rings is 1. The maximum Gasteiger partial charge on any atom is 0.239 e. The van der Waals surface area contributed by atoms with Crippen LogP contribution >= 0.6 is 11.3 Å². The Balaban J connectivity index is 1.46. The molecule has 0 bridgehead atoms. The van der Waals surface area contributed by atoms with Gasteiger partial charge >= 0.3 is 0 Å². The Hall–Kier alpha value is -2.34. The summed E-state index contributed by atoms with van der Waals surface area (Å²) in [5.41, 5.74) is 2.35. The number of para-hydroxylation sites is 1. The van der Waals surface area contributed by atoms with Gasteiger partial charge in [0, 0.05) is 35.2 Å². The van der Waals surface area contributed by atoms with Gasteiger partial charge in [-0.05, 0) is 18.1 Å². The zero-order valence-electron chi connectivity index (χ0n) is 11.4. The van der Waals surface area contributed by atoms with Crippen LogP contribution in [-0.4, -0.2) is 29.0 Å². The van der Waals surface area contributed by atoms with Crippen molar-refractivity contribution in [1.29, 1.82) is 0 Å². The van der Waals surface area contributed by atoms with E-state index in [9.17, 15) is 4.79 Å². The van der Waals surface area contributed by atoms with Gasteiger partial charge < -0.3 is 15.6 Å². The van der Waals surface area contributed by atoms with Crippen molar-refractivity contribution in [3.05, 3.63) is 47.6 Å². The molecule has 0 atom stereocenters. The van der Waals surface area contributed by atoms with Crippen LogP contribution in [0.3, 0.4) is 0 Å². The van der Waals surface area contributed by atoms with Crippen molar-refractivity contribution in [1.82, 2.24) is 15.3 Å². The average molecular weight is 300 g/mol. The van der Waals surface area contributed by atoms with Gasteiger partial charge in [0.2, 0.25) is 5.91 Å². The molecule has 2 heterocycles. The molecule has 0 radical (unpaired) electrons. The minimum absolute atomic E-state index is 0.0231. The SMILES string of the molecule is O=C(CNc1nccs1)NCCc1c[nH]c2ccccc12. The minimum Gasteiger partial charge on any atom is -0.361 e. The number of nitrogens with zero attached hydrogens (tertiary/aromatic N) is 1. The van der Waals surface area contributed by atoms with Gasteiger partial charge in [-0.1, -0.05) is 18.2 Å². The largest absolute Gasteiger partial charge is 0.361 e. The van der Waals surface area contributed by atoms with Gasteiger partial charge in [-0.2, -0.15) is 0 Å². The average Bonchev–Trinajstić information content (AvgIpc) is 3.15. The van der Waals surface area contributed by atoms with Crippen molar-refractivity contribution in [2.45, 2.75) is 6.42 Å². The van der Waals surface area contributed by atoms with Gasteiger partial charge in [-0.25, -0.2) is 4.98 Å². The lowest BCUT2D eigenvalue weighted by Gasteiger charge is -2.05. The monoisotopic (exact) mass is 300 g/mol. The van der Waals surface area contributed by atoms with Crippen LogP contribution in [0.4, 0.5) is 5.13 Å². The van der Waals surface area contributed by atoms with Gasteiger partial charge in [0.15, 0.2) is 5.13 Å². The standard InChI is InChI=1S/C15H16N4OS/c20-14(10-19-15-17-7-8-21-15)16-6-5-11-9-18-13-4-2-1-3-12(11)13/h1-4,7-9,18H,5-6,10H2,(H,16,20)(H,17,19). The number of H-pyrrole nitrogens is 1. The van der Waals surface area contributed by atoms with E-state index in [1.54, 1.807) is 6.20 Å². The van der Waals surface area contributed by atoms with Gasteiger partial charge in [-0.15, -0.1) is 11.3 Å². The fourth-order valence-corrected chi connectivity index (χ4v) is 2.73. The number of aromatic amines is 1. The number of hydrogen-bond acceptors (Lipinski definition) is 4. The van der Waals surface area contributed by atoms with Crippen molar-refractivity contribution in [2.24, 2.45) is 0 Å². The normalized spacial score (nSPS) is 10.7. The Labute approximate surface area is 126 Å². The lowest BCUT2D eigenvalue weighted by Crippen LogP contribution is -2.31. The predicted octanol–water partition coefficient (Wildman–Crippen LogP) is 2.40. The molecule has 0 saturated heterocycles. The first-order chi connectivity index (χ1) is 10.3. The molecule has 0 aliphatic carbocycles. The fraction of sp³-hybridized carbons (Fsp3) is 0.200. The summed E-state index contributed by atoms with van der Waals surface area (Å²) in [6.45, 7) is 0.877. The number of anilines is 1. The number of hydrogen-bond donors (Lipinski definition) is 3. The molecule has 0 saturated carbocycles. The van der Waals surface area contributed by atoms with E-state index in [1.165, 1.54) is 22.3 Å². The number of amides is 1. The summed E-state index contributed by atoms with van der Waals surface area (Å²) in [7, 11) is 0. The van der Waals surface area contributed by atoms with Gasteiger partial charge in [0.1, 0.15) is 0 Å². The highest BCUT2D eigenvalue weighted by Gasteiger charge is 2.05. The number of carbonyl (C=O) groups is 1. The van der Waals surface area contributed by atoms with E-state index in [-0.39, 0.29) is 12.5 Å². The van der Waals surface area contributed by atoms with Gasteiger partial charge in [-0.3, -0.25) is 4.79 Å². The second-order valence-corrected chi connectivity index (χ2v) is 5.54. The maximum atomic E-state index is 11.7. The topological polar surface area (TPSA) is 69.8 Å². The summed E-state index contributed by atoms with van der Waals surface area (Å²) in [5.74, 6) is -0.0231. The number of carbonyl (C=O) groups excluding carboxylic acids is 1. The van der Waals surface area contributed by atoms with E-state index in [1.807, 2.05) is 23.7 Å². The van der Waals surface area contributed by atoms with Crippen LogP contribution in [0.15, 0.2) is 42.0 Å². The Bertz CT molecular complexity index is 720. The molecule has 0 aliphatic rings. The molecule has 0 aliphatic heterocycles. The number of fused-ring (bicyclic) bond motifs is 1. The second kappa shape index (κ2) is 6.41. The third-order valence-corrected chi connectivity index (χ3v) is 3.95. The van der Waals surface area contributed by atoms with Crippen molar-refractivity contribution in [3.8, 4) is 0 Å². The molecule has 2 aromatic heterocycles. The molecule has 3 aromatic rings. The van der Waals surface area contributed by atoms with Crippen LogP contribution in [0.1, 0.15) is 5.56 Å². The van der Waals surface area contributed by atoms with Crippen molar-refractivity contribution in [3.63, 3.8) is 0 Å². The summed E-state index contributed by atoms with van der Waals surface area (Å²) < 4.78 is 0. The summed E-state index contributed by atoms with van der Waals surface area (Å²) >= 11 is 1.48. The van der Waals surface area contributed by atoms with E-state index in [4.69, 9.17) is 0 Å². The first-order valence-corrected chi connectivity index (χ1v) is 7.66. The summed E-state index contributed by atoms with van der Waals surface area (Å²) in [6, 6.07) is 8.17. The van der Waals surface area contributed by atoms with Crippen LogP contribution in [0, 0.1) is 0 Å². The van der Waals surface area contributed by atoms with Gasteiger partial charge in [0.05, 0.1) is 6.54 Å². The van der Waals surface area contributed by atoms with Crippen LogP contribution in [-0.2, 0) is 11.2 Å². The third-order valence-electron chi connectivity index (χ3n) is 3.22. The number of rotatable bonds is 6. The lowest BCUT2D eigenvalue weighted by molar-refractivity contribution is -0.119. The van der Waals surface area contributed by atoms with E-state index in [0.717, 1.165) is 17.1 Å². The van der Waals surface area contributed by atoms with Crippen LogP contribution in [0.2, 0.25) is 0 Å². The number of nitrogens with one attached hydrogen (secondary N) is 3. The molecule has 1 aromatic carbocycles. The Morgan fingerprint density at radius 3 is 3.10 bits per heavy atom. The lowest BCUT2D eigenvalue weighted by atomic mass is 10.1. The summed E-state index contributed by atoms with van der Waals surface area (Å²) in [4.78, 5) is 19.0. The maximum absolute atomic E-state index is 11.7. The molecule has 21 heavy (non-hydrogen) atoms. The smallest absolute Gasteiger partial charge is 0.239 e. The second-order valence-electron chi connectivity index (χ2n) is 4.65. The molecular weight excluding hydrogens is 284 g/mol. The van der Waals surface area contributed by atoms with Crippen LogP contribution in [0.25, 0.3) is 10.9 Å². The molecule has 3 N–H and O–H groups in total. The minimum atomic E-state index is -0.0231. The van der Waals surface area contributed by atoms with E-state index in [2.05, 4.69) is 32.7 Å². The molecule has 6 heteroatoms. The van der Waals surface area contributed by atoms with Crippen molar-refractivity contribution < 1.29 is 4.79 Å².